The second-order valence-corrected chi connectivity index (χ2v) is 11.8. The molecule has 0 N–H and O–H groups in total. The van der Waals surface area contributed by atoms with Gasteiger partial charge in [-0.1, -0.05) is 19.6 Å². The van der Waals surface area contributed by atoms with Gasteiger partial charge in [-0.05, 0) is 25.1 Å². The molecule has 0 fully saturated rings. The van der Waals surface area contributed by atoms with Gasteiger partial charge in [-0.3, -0.25) is 0 Å². The predicted molar refractivity (Wildman–Crippen MR) is 88.1 cm³/mol. The van der Waals surface area contributed by atoms with E-state index in [0.29, 0.717) is 19.0 Å². The average molecular weight is 344 g/mol. The van der Waals surface area contributed by atoms with E-state index in [4.69, 9.17) is 18.9 Å². The van der Waals surface area contributed by atoms with Crippen LogP contribution in [-0.2, 0) is 14.3 Å². The molecule has 23 heavy (non-hydrogen) atoms. The molecule has 0 bridgehead atoms. The summed E-state index contributed by atoms with van der Waals surface area (Å²) in [6.07, 6.45) is 0. The number of hydrogen-bond donors (Lipinski definition) is 0. The third-order valence-electron chi connectivity index (χ3n) is 2.82. The average Bonchev–Trinajstić information content (AvgIpc) is 2.45. The molecule has 0 radical (unpaired) electrons. The SMILES string of the molecule is CCOc1ccc(OC(=O)COCOCC[Si](C)(C)C)c(F)c1. The Hall–Kier alpha value is -1.44. The zero-order chi connectivity index (χ0) is 17.3. The van der Waals surface area contributed by atoms with Crippen molar-refractivity contribution in [1.29, 1.82) is 0 Å². The van der Waals surface area contributed by atoms with Gasteiger partial charge in [0.2, 0.25) is 0 Å². The van der Waals surface area contributed by atoms with E-state index in [9.17, 15) is 9.18 Å². The number of carbonyl (C=O) groups excluding carboxylic acids is 1. The number of esters is 1. The minimum absolute atomic E-state index is 0.0192. The van der Waals surface area contributed by atoms with Gasteiger partial charge in [0.25, 0.3) is 0 Å². The van der Waals surface area contributed by atoms with Crippen LogP contribution in [0.2, 0.25) is 25.7 Å². The fourth-order valence-corrected chi connectivity index (χ4v) is 2.35. The van der Waals surface area contributed by atoms with Gasteiger partial charge in [0.05, 0.1) is 6.61 Å². The van der Waals surface area contributed by atoms with Crippen LogP contribution in [0.3, 0.4) is 0 Å². The molecule has 1 aromatic rings. The standard InChI is InChI=1S/C16H25FO5Si/c1-5-21-13-6-7-15(14(17)10-13)22-16(18)11-20-12-19-8-9-23(2,3)4/h6-7,10H,5,8-9,11-12H2,1-4H3. The first-order valence-corrected chi connectivity index (χ1v) is 11.3. The van der Waals surface area contributed by atoms with E-state index in [1.54, 1.807) is 6.92 Å². The maximum Gasteiger partial charge on any atom is 0.337 e. The third-order valence-corrected chi connectivity index (χ3v) is 4.53. The molecule has 0 atom stereocenters. The summed E-state index contributed by atoms with van der Waals surface area (Å²) in [6, 6.07) is 5.09. The molecule has 0 saturated heterocycles. The summed E-state index contributed by atoms with van der Waals surface area (Å²) < 4.78 is 34.1. The molecule has 0 unspecified atom stereocenters. The van der Waals surface area contributed by atoms with Crippen LogP contribution in [0.1, 0.15) is 6.92 Å². The predicted octanol–water partition coefficient (Wildman–Crippen LogP) is 3.46. The van der Waals surface area contributed by atoms with E-state index in [2.05, 4.69) is 19.6 Å². The highest BCUT2D eigenvalue weighted by molar-refractivity contribution is 6.76. The second-order valence-electron chi connectivity index (χ2n) is 6.18. The lowest BCUT2D eigenvalue weighted by molar-refractivity contribution is -0.145. The van der Waals surface area contributed by atoms with E-state index in [1.165, 1.54) is 18.2 Å². The highest BCUT2D eigenvalue weighted by Gasteiger charge is 2.13. The summed E-state index contributed by atoms with van der Waals surface area (Å²) in [7, 11) is -1.13. The Morgan fingerprint density at radius 2 is 1.96 bits per heavy atom. The van der Waals surface area contributed by atoms with Gasteiger partial charge in [-0.25, -0.2) is 9.18 Å². The maximum atomic E-state index is 13.7. The van der Waals surface area contributed by atoms with Crippen molar-refractivity contribution in [3.05, 3.63) is 24.0 Å². The van der Waals surface area contributed by atoms with Crippen LogP contribution in [-0.4, -0.2) is 40.7 Å². The minimum atomic E-state index is -1.13. The van der Waals surface area contributed by atoms with E-state index < -0.39 is 19.9 Å². The van der Waals surface area contributed by atoms with Gasteiger partial charge in [0.1, 0.15) is 19.1 Å². The molecule has 0 amide bonds. The van der Waals surface area contributed by atoms with Crippen molar-refractivity contribution in [3.63, 3.8) is 0 Å². The molecule has 130 valence electrons. The summed E-state index contributed by atoms with van der Waals surface area (Å²) >= 11 is 0. The molecular weight excluding hydrogens is 319 g/mol. The van der Waals surface area contributed by atoms with Crippen LogP contribution in [0.25, 0.3) is 0 Å². The molecule has 1 rings (SSSR count). The van der Waals surface area contributed by atoms with E-state index >= 15 is 0 Å². The molecule has 0 aliphatic carbocycles. The number of carbonyl (C=O) groups is 1. The Morgan fingerprint density at radius 1 is 1.22 bits per heavy atom. The molecule has 0 aliphatic rings. The van der Waals surface area contributed by atoms with Gasteiger partial charge in [0.15, 0.2) is 11.6 Å². The number of ether oxygens (including phenoxy) is 4. The molecule has 1 aromatic carbocycles. The molecule has 0 heterocycles. The first-order chi connectivity index (χ1) is 10.8. The lowest BCUT2D eigenvalue weighted by Gasteiger charge is -2.15. The van der Waals surface area contributed by atoms with Gasteiger partial charge in [-0.15, -0.1) is 0 Å². The highest BCUT2D eigenvalue weighted by atomic mass is 28.3. The van der Waals surface area contributed by atoms with Crippen LogP contribution >= 0.6 is 0 Å². The Kier molecular flexibility index (Phi) is 8.22. The van der Waals surface area contributed by atoms with Crippen molar-refractivity contribution < 1.29 is 28.1 Å². The van der Waals surface area contributed by atoms with Crippen molar-refractivity contribution in [3.8, 4) is 11.5 Å². The quantitative estimate of drug-likeness (QED) is 0.214. The second kappa shape index (κ2) is 9.64. The van der Waals surface area contributed by atoms with Crippen molar-refractivity contribution in [2.24, 2.45) is 0 Å². The van der Waals surface area contributed by atoms with Gasteiger partial charge in [-0.2, -0.15) is 0 Å². The fourth-order valence-electron chi connectivity index (χ4n) is 1.59. The summed E-state index contributed by atoms with van der Waals surface area (Å²) in [5, 5.41) is 0. The van der Waals surface area contributed by atoms with Crippen molar-refractivity contribution >= 4 is 14.0 Å². The van der Waals surface area contributed by atoms with Crippen molar-refractivity contribution in [2.45, 2.75) is 32.6 Å². The summed E-state index contributed by atoms with van der Waals surface area (Å²) in [4.78, 5) is 11.6. The Bertz CT molecular complexity index is 502. The number of rotatable bonds is 10. The number of halogens is 1. The van der Waals surface area contributed by atoms with Crippen molar-refractivity contribution in [1.82, 2.24) is 0 Å². The summed E-state index contributed by atoms with van der Waals surface area (Å²) in [6.45, 7) is 9.32. The first-order valence-electron chi connectivity index (χ1n) is 7.60. The molecular formula is C16H25FO5Si. The molecule has 0 aliphatic heterocycles. The van der Waals surface area contributed by atoms with Crippen molar-refractivity contribution in [2.75, 3.05) is 26.6 Å². The molecule has 0 spiro atoms. The first kappa shape index (κ1) is 19.6. The summed E-state index contributed by atoms with van der Waals surface area (Å²) in [5.41, 5.74) is 0. The van der Waals surface area contributed by atoms with Crippen LogP contribution < -0.4 is 9.47 Å². The Balaban J connectivity index is 2.26. The lowest BCUT2D eigenvalue weighted by atomic mass is 10.3. The van der Waals surface area contributed by atoms with Gasteiger partial charge < -0.3 is 18.9 Å². The third kappa shape index (κ3) is 8.68. The summed E-state index contributed by atoms with van der Waals surface area (Å²) in [5.74, 6) is -1.10. The van der Waals surface area contributed by atoms with Crippen LogP contribution in [0.5, 0.6) is 11.5 Å². The Labute approximate surface area is 137 Å². The number of benzene rings is 1. The van der Waals surface area contributed by atoms with Gasteiger partial charge in [0, 0.05) is 20.7 Å². The highest BCUT2D eigenvalue weighted by Crippen LogP contribution is 2.22. The molecule has 0 aromatic heterocycles. The van der Waals surface area contributed by atoms with E-state index in [0.717, 1.165) is 6.04 Å². The van der Waals surface area contributed by atoms with Crippen LogP contribution in [0, 0.1) is 5.82 Å². The van der Waals surface area contributed by atoms with Gasteiger partial charge >= 0.3 is 5.97 Å². The molecule has 5 nitrogen and oxygen atoms in total. The normalized spacial score (nSPS) is 11.3. The Morgan fingerprint density at radius 3 is 2.57 bits per heavy atom. The van der Waals surface area contributed by atoms with Crippen LogP contribution in [0.15, 0.2) is 18.2 Å². The number of hydrogen-bond acceptors (Lipinski definition) is 5. The largest absolute Gasteiger partial charge is 0.494 e. The fraction of sp³-hybridized carbons (Fsp3) is 0.562. The van der Waals surface area contributed by atoms with E-state index in [-0.39, 0.29) is 19.1 Å². The lowest BCUT2D eigenvalue weighted by Crippen LogP contribution is -2.22. The zero-order valence-electron chi connectivity index (χ0n) is 14.2. The smallest absolute Gasteiger partial charge is 0.337 e. The monoisotopic (exact) mass is 344 g/mol. The molecule has 0 saturated carbocycles. The zero-order valence-corrected chi connectivity index (χ0v) is 15.2. The van der Waals surface area contributed by atoms with E-state index in [1.807, 2.05) is 0 Å². The topological polar surface area (TPSA) is 54.0 Å². The minimum Gasteiger partial charge on any atom is -0.494 e. The molecule has 7 heteroatoms. The van der Waals surface area contributed by atoms with Crippen LogP contribution in [0.4, 0.5) is 4.39 Å². The maximum absolute atomic E-state index is 13.7.